The van der Waals surface area contributed by atoms with Crippen molar-refractivity contribution in [1.29, 1.82) is 5.26 Å². The number of rotatable bonds is 5. The molecule has 13 heavy (non-hydrogen) atoms. The Balaban J connectivity index is 3.57. The van der Waals surface area contributed by atoms with Gasteiger partial charge in [0.1, 0.15) is 0 Å². The first-order valence-electron chi connectivity index (χ1n) is 4.72. The second-order valence-corrected chi connectivity index (χ2v) is 3.74. The fraction of sp³-hybridized carbons (Fsp3) is 0.800. The van der Waals surface area contributed by atoms with Crippen molar-refractivity contribution < 1.29 is 4.79 Å². The van der Waals surface area contributed by atoms with Crippen LogP contribution in [0.15, 0.2) is 0 Å². The molecule has 0 aromatic rings. The van der Waals surface area contributed by atoms with Crippen LogP contribution < -0.4 is 5.32 Å². The molecule has 74 valence electrons. The lowest BCUT2D eigenvalue weighted by Crippen LogP contribution is -2.30. The molecular formula is C10H18N2O. The highest BCUT2D eigenvalue weighted by Crippen LogP contribution is 2.01. The summed E-state index contributed by atoms with van der Waals surface area (Å²) in [7, 11) is 0. The molecule has 0 aliphatic rings. The molecule has 0 radical (unpaired) electrons. The van der Waals surface area contributed by atoms with Crippen LogP contribution >= 0.6 is 0 Å². The maximum Gasteiger partial charge on any atom is 0.223 e. The number of carbonyl (C=O) groups is 1. The van der Waals surface area contributed by atoms with Crippen molar-refractivity contribution in [2.24, 2.45) is 11.8 Å². The average Bonchev–Trinajstić information content (AvgIpc) is 2.04. The number of nitriles is 1. The molecule has 0 aliphatic heterocycles. The van der Waals surface area contributed by atoms with Crippen LogP contribution in [0.5, 0.6) is 0 Å². The van der Waals surface area contributed by atoms with Gasteiger partial charge in [0.2, 0.25) is 5.91 Å². The van der Waals surface area contributed by atoms with Crippen LogP contribution in [0.3, 0.4) is 0 Å². The molecule has 1 atom stereocenters. The molecule has 0 bridgehead atoms. The third-order valence-corrected chi connectivity index (χ3v) is 1.87. The minimum absolute atomic E-state index is 0.0119. The van der Waals surface area contributed by atoms with Gasteiger partial charge in [0.15, 0.2) is 0 Å². The van der Waals surface area contributed by atoms with Gasteiger partial charge in [-0.3, -0.25) is 4.79 Å². The number of hydrogen-bond acceptors (Lipinski definition) is 2. The minimum Gasteiger partial charge on any atom is -0.356 e. The number of nitrogens with one attached hydrogen (secondary N) is 1. The van der Waals surface area contributed by atoms with Gasteiger partial charge >= 0.3 is 0 Å². The van der Waals surface area contributed by atoms with E-state index in [1.165, 1.54) is 0 Å². The summed E-state index contributed by atoms with van der Waals surface area (Å²) >= 11 is 0. The van der Waals surface area contributed by atoms with Gasteiger partial charge in [-0.1, -0.05) is 20.8 Å². The van der Waals surface area contributed by atoms with Crippen molar-refractivity contribution >= 4 is 5.91 Å². The minimum atomic E-state index is -0.183. The van der Waals surface area contributed by atoms with Gasteiger partial charge in [-0.05, 0) is 12.3 Å². The smallest absolute Gasteiger partial charge is 0.223 e. The van der Waals surface area contributed by atoms with Crippen molar-refractivity contribution in [2.75, 3.05) is 6.54 Å². The van der Waals surface area contributed by atoms with E-state index in [-0.39, 0.29) is 11.8 Å². The summed E-state index contributed by atoms with van der Waals surface area (Å²) < 4.78 is 0. The number of carbonyl (C=O) groups excluding carboxylic acids is 1. The monoisotopic (exact) mass is 182 g/mol. The van der Waals surface area contributed by atoms with Crippen molar-refractivity contribution in [2.45, 2.75) is 33.6 Å². The standard InChI is InChI=1S/C10H18N2O/c1-8(2)5-7-12-10(13)9(3)4-6-11/h8-9H,4-5,7H2,1-3H3,(H,12,13). The zero-order chi connectivity index (χ0) is 10.3. The van der Waals surface area contributed by atoms with Gasteiger partial charge in [-0.25, -0.2) is 0 Å². The first-order valence-corrected chi connectivity index (χ1v) is 4.72. The number of hydrogen-bond donors (Lipinski definition) is 1. The summed E-state index contributed by atoms with van der Waals surface area (Å²) in [6, 6.07) is 1.99. The molecule has 0 spiro atoms. The maximum absolute atomic E-state index is 11.3. The summed E-state index contributed by atoms with van der Waals surface area (Å²) in [5, 5.41) is 11.2. The predicted octanol–water partition coefficient (Wildman–Crippen LogP) is 1.70. The van der Waals surface area contributed by atoms with Crippen molar-refractivity contribution in [3.8, 4) is 6.07 Å². The molecule has 0 aromatic carbocycles. The van der Waals surface area contributed by atoms with Gasteiger partial charge in [0.05, 0.1) is 6.07 Å². The molecule has 1 amide bonds. The van der Waals surface area contributed by atoms with E-state index in [0.717, 1.165) is 6.42 Å². The van der Waals surface area contributed by atoms with Gasteiger partial charge in [0, 0.05) is 18.9 Å². The van der Waals surface area contributed by atoms with Crippen LogP contribution in [0.1, 0.15) is 33.6 Å². The molecule has 1 unspecified atom stereocenters. The fourth-order valence-electron chi connectivity index (χ4n) is 0.888. The normalized spacial score (nSPS) is 12.2. The second-order valence-electron chi connectivity index (χ2n) is 3.74. The summed E-state index contributed by atoms with van der Waals surface area (Å²) in [4.78, 5) is 11.3. The molecule has 3 heteroatoms. The Hall–Kier alpha value is -1.04. The zero-order valence-electron chi connectivity index (χ0n) is 8.63. The molecule has 0 aliphatic carbocycles. The summed E-state index contributed by atoms with van der Waals surface area (Å²) in [5.41, 5.74) is 0. The summed E-state index contributed by atoms with van der Waals surface area (Å²) in [5.74, 6) is 0.408. The van der Waals surface area contributed by atoms with Crippen molar-refractivity contribution in [3.63, 3.8) is 0 Å². The maximum atomic E-state index is 11.3. The Morgan fingerprint density at radius 3 is 2.54 bits per heavy atom. The Kier molecular flexibility index (Phi) is 5.96. The fourth-order valence-corrected chi connectivity index (χ4v) is 0.888. The number of amides is 1. The summed E-state index contributed by atoms with van der Waals surface area (Å²) in [6.45, 7) is 6.72. The lowest BCUT2D eigenvalue weighted by atomic mass is 10.1. The third kappa shape index (κ3) is 6.15. The van der Waals surface area contributed by atoms with Crippen LogP contribution in [-0.2, 0) is 4.79 Å². The van der Waals surface area contributed by atoms with Crippen LogP contribution in [0, 0.1) is 23.2 Å². The van der Waals surface area contributed by atoms with E-state index in [4.69, 9.17) is 5.26 Å². The Morgan fingerprint density at radius 1 is 1.46 bits per heavy atom. The first-order chi connectivity index (χ1) is 6.07. The highest BCUT2D eigenvalue weighted by molar-refractivity contribution is 5.78. The molecule has 0 fully saturated rings. The largest absolute Gasteiger partial charge is 0.356 e. The van der Waals surface area contributed by atoms with Gasteiger partial charge < -0.3 is 5.32 Å². The Morgan fingerprint density at radius 2 is 2.08 bits per heavy atom. The molecule has 3 nitrogen and oxygen atoms in total. The second kappa shape index (κ2) is 6.47. The molecule has 0 saturated heterocycles. The molecule has 0 heterocycles. The SMILES string of the molecule is CC(C)CCNC(=O)C(C)CC#N. The van der Waals surface area contributed by atoms with E-state index in [0.29, 0.717) is 18.9 Å². The summed E-state index contributed by atoms with van der Waals surface area (Å²) in [6.07, 6.45) is 1.29. The topological polar surface area (TPSA) is 52.9 Å². The van der Waals surface area contributed by atoms with Gasteiger partial charge in [-0.15, -0.1) is 0 Å². The van der Waals surface area contributed by atoms with E-state index < -0.39 is 0 Å². The third-order valence-electron chi connectivity index (χ3n) is 1.87. The highest BCUT2D eigenvalue weighted by Gasteiger charge is 2.10. The van der Waals surface area contributed by atoms with E-state index in [9.17, 15) is 4.79 Å². The van der Waals surface area contributed by atoms with E-state index in [1.807, 2.05) is 6.07 Å². The predicted molar refractivity (Wildman–Crippen MR) is 51.9 cm³/mol. The molecule has 0 rings (SSSR count). The quantitative estimate of drug-likeness (QED) is 0.703. The lowest BCUT2D eigenvalue weighted by molar-refractivity contribution is -0.124. The van der Waals surface area contributed by atoms with Crippen LogP contribution in [0.4, 0.5) is 0 Å². The van der Waals surface area contributed by atoms with E-state index in [1.54, 1.807) is 6.92 Å². The lowest BCUT2D eigenvalue weighted by Gasteiger charge is -2.09. The van der Waals surface area contributed by atoms with Crippen molar-refractivity contribution in [3.05, 3.63) is 0 Å². The van der Waals surface area contributed by atoms with Crippen LogP contribution in [0.2, 0.25) is 0 Å². The Labute approximate surface area is 80.1 Å². The molecular weight excluding hydrogens is 164 g/mol. The van der Waals surface area contributed by atoms with Crippen LogP contribution in [-0.4, -0.2) is 12.5 Å². The van der Waals surface area contributed by atoms with Crippen LogP contribution in [0.25, 0.3) is 0 Å². The van der Waals surface area contributed by atoms with E-state index in [2.05, 4.69) is 19.2 Å². The molecule has 0 aromatic heterocycles. The molecule has 1 N–H and O–H groups in total. The number of nitrogens with zero attached hydrogens (tertiary/aromatic N) is 1. The molecule has 0 saturated carbocycles. The average molecular weight is 182 g/mol. The van der Waals surface area contributed by atoms with Gasteiger partial charge in [-0.2, -0.15) is 5.26 Å². The highest BCUT2D eigenvalue weighted by atomic mass is 16.1. The van der Waals surface area contributed by atoms with Crippen molar-refractivity contribution in [1.82, 2.24) is 5.32 Å². The zero-order valence-corrected chi connectivity index (χ0v) is 8.63. The first kappa shape index (κ1) is 12.0. The van der Waals surface area contributed by atoms with Gasteiger partial charge in [0.25, 0.3) is 0 Å². The van der Waals surface area contributed by atoms with E-state index >= 15 is 0 Å². The Bertz CT molecular complexity index is 194.